The molecule has 1 heterocycles. The molecule has 0 unspecified atom stereocenters. The largest absolute Gasteiger partial charge is 0.495 e. The van der Waals surface area contributed by atoms with Crippen molar-refractivity contribution in [3.8, 4) is 5.75 Å². The quantitative estimate of drug-likeness (QED) is 0.614. The SMILES string of the molecule is COc1ccc(C(=O)NCC(=O)Nc2ccccc2Br)cc1S(=O)(=O)N1CCCC1. The Bertz CT molecular complexity index is 1050. The highest BCUT2D eigenvalue weighted by Gasteiger charge is 2.30. The van der Waals surface area contributed by atoms with Gasteiger partial charge in [-0.15, -0.1) is 0 Å². The number of anilines is 1. The first kappa shape index (κ1) is 22.3. The summed E-state index contributed by atoms with van der Waals surface area (Å²) >= 11 is 3.33. The van der Waals surface area contributed by atoms with E-state index in [9.17, 15) is 18.0 Å². The fourth-order valence-electron chi connectivity index (χ4n) is 3.11. The van der Waals surface area contributed by atoms with Gasteiger partial charge in [-0.05, 0) is 59.1 Å². The lowest BCUT2D eigenvalue weighted by Crippen LogP contribution is -2.33. The fraction of sp³-hybridized carbons (Fsp3) is 0.300. The molecule has 30 heavy (non-hydrogen) atoms. The van der Waals surface area contributed by atoms with Crippen LogP contribution in [0.3, 0.4) is 0 Å². The van der Waals surface area contributed by atoms with Crippen molar-refractivity contribution in [3.05, 3.63) is 52.5 Å². The maximum atomic E-state index is 12.9. The smallest absolute Gasteiger partial charge is 0.251 e. The number of nitrogens with zero attached hydrogens (tertiary/aromatic N) is 1. The lowest BCUT2D eigenvalue weighted by Gasteiger charge is -2.18. The van der Waals surface area contributed by atoms with E-state index in [1.54, 1.807) is 18.2 Å². The molecule has 0 bridgehead atoms. The summed E-state index contributed by atoms with van der Waals surface area (Å²) in [5, 5.41) is 5.19. The Kier molecular flexibility index (Phi) is 7.11. The third-order valence-corrected chi connectivity index (χ3v) is 7.28. The van der Waals surface area contributed by atoms with E-state index in [1.807, 2.05) is 6.07 Å². The number of ether oxygens (including phenoxy) is 1. The molecule has 1 saturated heterocycles. The number of para-hydroxylation sites is 1. The molecule has 1 fully saturated rings. The van der Waals surface area contributed by atoms with E-state index in [1.165, 1.54) is 29.6 Å². The predicted octanol–water partition coefficient (Wildman–Crippen LogP) is 2.61. The van der Waals surface area contributed by atoms with E-state index in [4.69, 9.17) is 4.74 Å². The number of amides is 2. The first-order valence-corrected chi connectivity index (χ1v) is 11.6. The number of benzene rings is 2. The minimum atomic E-state index is -3.77. The Morgan fingerprint density at radius 3 is 2.50 bits per heavy atom. The minimum absolute atomic E-state index is 0.0581. The van der Waals surface area contributed by atoms with Gasteiger partial charge < -0.3 is 15.4 Å². The first-order chi connectivity index (χ1) is 14.3. The van der Waals surface area contributed by atoms with Crippen molar-refractivity contribution in [3.63, 3.8) is 0 Å². The van der Waals surface area contributed by atoms with Gasteiger partial charge in [0.05, 0.1) is 19.3 Å². The molecule has 0 saturated carbocycles. The third kappa shape index (κ3) is 5.00. The standard InChI is InChI=1S/C20H22BrN3O5S/c1-29-17-9-8-14(12-18(17)30(27,28)24-10-4-5-11-24)20(26)22-13-19(25)23-16-7-3-2-6-15(16)21/h2-3,6-9,12H,4-5,10-11,13H2,1H3,(H,22,26)(H,23,25). The normalized spacial score (nSPS) is 14.3. The summed E-state index contributed by atoms with van der Waals surface area (Å²) in [6, 6.07) is 11.3. The highest BCUT2D eigenvalue weighted by atomic mass is 79.9. The van der Waals surface area contributed by atoms with Crippen molar-refractivity contribution in [1.29, 1.82) is 0 Å². The van der Waals surface area contributed by atoms with Gasteiger partial charge in [0.2, 0.25) is 15.9 Å². The van der Waals surface area contributed by atoms with Crippen LogP contribution < -0.4 is 15.4 Å². The van der Waals surface area contributed by atoms with Gasteiger partial charge >= 0.3 is 0 Å². The zero-order chi connectivity index (χ0) is 21.7. The maximum Gasteiger partial charge on any atom is 0.251 e. The molecule has 1 aliphatic heterocycles. The Morgan fingerprint density at radius 2 is 1.83 bits per heavy atom. The van der Waals surface area contributed by atoms with E-state index < -0.39 is 21.8 Å². The molecule has 0 atom stereocenters. The maximum absolute atomic E-state index is 12.9. The number of rotatable bonds is 7. The number of hydrogen-bond donors (Lipinski definition) is 2. The van der Waals surface area contributed by atoms with Crippen molar-refractivity contribution < 1.29 is 22.7 Å². The average molecular weight is 496 g/mol. The summed E-state index contributed by atoms with van der Waals surface area (Å²) in [5.41, 5.74) is 0.711. The van der Waals surface area contributed by atoms with Crippen LogP contribution in [0.2, 0.25) is 0 Å². The van der Waals surface area contributed by atoms with Crippen LogP contribution in [0.15, 0.2) is 51.8 Å². The van der Waals surface area contributed by atoms with Crippen LogP contribution in [0.4, 0.5) is 5.69 Å². The van der Waals surface area contributed by atoms with Crippen molar-refractivity contribution >= 4 is 43.5 Å². The van der Waals surface area contributed by atoms with Gasteiger partial charge in [-0.25, -0.2) is 8.42 Å². The van der Waals surface area contributed by atoms with Gasteiger partial charge in [0.1, 0.15) is 10.6 Å². The Balaban J connectivity index is 1.71. The molecule has 10 heteroatoms. The Labute approximate surface area is 183 Å². The number of methoxy groups -OCH3 is 1. The molecule has 2 amide bonds. The molecule has 0 spiro atoms. The van der Waals surface area contributed by atoms with Gasteiger partial charge in [-0.2, -0.15) is 4.31 Å². The van der Waals surface area contributed by atoms with Gasteiger partial charge in [0, 0.05) is 23.1 Å². The van der Waals surface area contributed by atoms with E-state index in [2.05, 4.69) is 26.6 Å². The second-order valence-corrected chi connectivity index (χ2v) is 9.45. The number of carbonyl (C=O) groups excluding carboxylic acids is 2. The number of halogens is 1. The van der Waals surface area contributed by atoms with Crippen LogP contribution in [0.1, 0.15) is 23.2 Å². The van der Waals surface area contributed by atoms with Gasteiger partial charge in [0.25, 0.3) is 5.91 Å². The van der Waals surface area contributed by atoms with Gasteiger partial charge in [0.15, 0.2) is 0 Å². The zero-order valence-electron chi connectivity index (χ0n) is 16.4. The highest BCUT2D eigenvalue weighted by molar-refractivity contribution is 9.10. The van der Waals surface area contributed by atoms with E-state index in [0.717, 1.165) is 17.3 Å². The lowest BCUT2D eigenvalue weighted by atomic mass is 10.2. The molecule has 0 radical (unpaired) electrons. The second-order valence-electron chi connectivity index (χ2n) is 6.69. The fourth-order valence-corrected chi connectivity index (χ4v) is 5.19. The van der Waals surface area contributed by atoms with Crippen LogP contribution in [0, 0.1) is 0 Å². The molecule has 1 aliphatic rings. The molecule has 160 valence electrons. The summed E-state index contributed by atoms with van der Waals surface area (Å²) in [6.07, 6.45) is 1.60. The first-order valence-electron chi connectivity index (χ1n) is 9.33. The van der Waals surface area contributed by atoms with Crippen molar-refractivity contribution in [2.75, 3.05) is 32.1 Å². The number of hydrogen-bond acceptors (Lipinski definition) is 5. The molecular weight excluding hydrogens is 474 g/mol. The molecule has 3 rings (SSSR count). The van der Waals surface area contributed by atoms with Crippen LogP contribution >= 0.6 is 15.9 Å². The summed E-state index contributed by atoms with van der Waals surface area (Å²) in [4.78, 5) is 24.6. The lowest BCUT2D eigenvalue weighted by molar-refractivity contribution is -0.115. The van der Waals surface area contributed by atoms with E-state index >= 15 is 0 Å². The molecular formula is C20H22BrN3O5S. The Morgan fingerprint density at radius 1 is 1.13 bits per heavy atom. The summed E-state index contributed by atoms with van der Waals surface area (Å²) in [6.45, 7) is 0.620. The molecule has 2 N–H and O–H groups in total. The predicted molar refractivity (Wildman–Crippen MR) is 116 cm³/mol. The monoisotopic (exact) mass is 495 g/mol. The highest BCUT2D eigenvalue weighted by Crippen LogP contribution is 2.29. The molecule has 0 aliphatic carbocycles. The average Bonchev–Trinajstić information content (AvgIpc) is 3.29. The van der Waals surface area contributed by atoms with Crippen molar-refractivity contribution in [2.45, 2.75) is 17.7 Å². The zero-order valence-corrected chi connectivity index (χ0v) is 18.8. The summed E-state index contributed by atoms with van der Waals surface area (Å²) in [7, 11) is -2.39. The minimum Gasteiger partial charge on any atom is -0.495 e. The molecule has 8 nitrogen and oxygen atoms in total. The van der Waals surface area contributed by atoms with Crippen LogP contribution in [0.25, 0.3) is 0 Å². The van der Waals surface area contributed by atoms with Crippen LogP contribution in [-0.2, 0) is 14.8 Å². The number of nitrogens with one attached hydrogen (secondary N) is 2. The van der Waals surface area contributed by atoms with E-state index in [-0.39, 0.29) is 22.8 Å². The van der Waals surface area contributed by atoms with E-state index in [0.29, 0.717) is 18.8 Å². The third-order valence-electron chi connectivity index (χ3n) is 4.67. The topological polar surface area (TPSA) is 105 Å². The molecule has 0 aromatic heterocycles. The summed E-state index contributed by atoms with van der Waals surface area (Å²) in [5.74, 6) is -0.795. The van der Waals surface area contributed by atoms with Gasteiger partial charge in [-0.1, -0.05) is 12.1 Å². The molecule has 2 aromatic rings. The van der Waals surface area contributed by atoms with Crippen LogP contribution in [0.5, 0.6) is 5.75 Å². The second kappa shape index (κ2) is 9.59. The van der Waals surface area contributed by atoms with Gasteiger partial charge in [-0.3, -0.25) is 9.59 Å². The van der Waals surface area contributed by atoms with Crippen molar-refractivity contribution in [1.82, 2.24) is 9.62 Å². The van der Waals surface area contributed by atoms with Crippen LogP contribution in [-0.4, -0.2) is 51.3 Å². The number of sulfonamides is 1. The Hall–Kier alpha value is -2.43. The van der Waals surface area contributed by atoms with Crippen molar-refractivity contribution in [2.24, 2.45) is 0 Å². The number of carbonyl (C=O) groups is 2. The summed E-state index contributed by atoms with van der Waals surface area (Å²) < 4.78 is 33.2. The molecule has 2 aromatic carbocycles.